The largest absolute Gasteiger partial charge is 0.465 e. The van der Waals surface area contributed by atoms with Gasteiger partial charge in [-0.25, -0.2) is 4.79 Å². The highest BCUT2D eigenvalue weighted by Crippen LogP contribution is 2.47. The van der Waals surface area contributed by atoms with E-state index in [9.17, 15) is 14.9 Å². The Morgan fingerprint density at radius 2 is 1.88 bits per heavy atom. The minimum absolute atomic E-state index is 0.000722. The minimum atomic E-state index is -1.42. The molecular formula is C19H21NO4. The zero-order chi connectivity index (χ0) is 17.6. The lowest BCUT2D eigenvalue weighted by molar-refractivity contribution is -0.153. The second-order valence-electron chi connectivity index (χ2n) is 5.63. The first-order valence-corrected chi connectivity index (χ1v) is 8.08. The quantitative estimate of drug-likeness (QED) is 0.777. The predicted octanol–water partition coefficient (Wildman–Crippen LogP) is 3.13. The maximum absolute atomic E-state index is 12.6. The molecule has 2 rings (SSSR count). The topological polar surface area (TPSA) is 76.4 Å². The van der Waals surface area contributed by atoms with Gasteiger partial charge in [0.05, 0.1) is 19.3 Å². The Balaban J connectivity index is 2.46. The first-order valence-electron chi connectivity index (χ1n) is 8.08. The zero-order valence-electron chi connectivity index (χ0n) is 14.0. The molecule has 0 spiro atoms. The number of hydrogen-bond donors (Lipinski definition) is 0. The molecule has 1 aliphatic carbocycles. The van der Waals surface area contributed by atoms with Gasteiger partial charge in [0.25, 0.3) is 0 Å². The summed E-state index contributed by atoms with van der Waals surface area (Å²) in [6, 6.07) is 11.5. The van der Waals surface area contributed by atoms with Crippen LogP contribution in [0.15, 0.2) is 42.0 Å². The van der Waals surface area contributed by atoms with Gasteiger partial charge in [0.15, 0.2) is 5.41 Å². The summed E-state index contributed by atoms with van der Waals surface area (Å²) in [7, 11) is 0. The lowest BCUT2D eigenvalue weighted by Crippen LogP contribution is -2.41. The second-order valence-corrected chi connectivity index (χ2v) is 5.63. The molecule has 0 saturated heterocycles. The molecule has 2 unspecified atom stereocenters. The molecule has 0 radical (unpaired) electrons. The Bertz CT molecular complexity index is 674. The van der Waals surface area contributed by atoms with E-state index in [0.29, 0.717) is 12.0 Å². The van der Waals surface area contributed by atoms with Gasteiger partial charge >= 0.3 is 11.9 Å². The molecule has 0 saturated carbocycles. The number of ether oxygens (including phenoxy) is 2. The van der Waals surface area contributed by atoms with E-state index < -0.39 is 17.4 Å². The SMILES string of the molecule is CCOC(=O)C1=CCC(c2ccccc2)C(C#N)(C(=O)OCC)C1. The molecule has 1 aliphatic rings. The van der Waals surface area contributed by atoms with Crippen LogP contribution in [0.5, 0.6) is 0 Å². The van der Waals surface area contributed by atoms with Gasteiger partial charge in [0.2, 0.25) is 0 Å². The number of allylic oxidation sites excluding steroid dienone is 1. The second kappa shape index (κ2) is 7.78. The van der Waals surface area contributed by atoms with Crippen molar-refractivity contribution < 1.29 is 19.1 Å². The molecule has 126 valence electrons. The molecule has 5 heteroatoms. The summed E-state index contributed by atoms with van der Waals surface area (Å²) in [6.07, 6.45) is 2.18. The van der Waals surface area contributed by atoms with Crippen molar-refractivity contribution in [1.29, 1.82) is 5.26 Å². The Morgan fingerprint density at radius 3 is 2.46 bits per heavy atom. The lowest BCUT2D eigenvalue weighted by atomic mass is 9.64. The van der Waals surface area contributed by atoms with Crippen LogP contribution in [-0.2, 0) is 19.1 Å². The van der Waals surface area contributed by atoms with E-state index >= 15 is 0 Å². The van der Waals surface area contributed by atoms with Crippen LogP contribution in [0.3, 0.4) is 0 Å². The first-order chi connectivity index (χ1) is 11.6. The number of rotatable bonds is 5. The molecule has 0 amide bonds. The molecule has 1 aromatic rings. The normalized spacial score (nSPS) is 22.9. The molecule has 2 atom stereocenters. The fourth-order valence-electron chi connectivity index (χ4n) is 3.08. The van der Waals surface area contributed by atoms with Gasteiger partial charge in [0.1, 0.15) is 0 Å². The number of carbonyl (C=O) groups is 2. The highest BCUT2D eigenvalue weighted by atomic mass is 16.5. The number of benzene rings is 1. The van der Waals surface area contributed by atoms with Gasteiger partial charge in [-0.3, -0.25) is 4.79 Å². The van der Waals surface area contributed by atoms with Gasteiger partial charge in [0, 0.05) is 17.9 Å². The number of nitriles is 1. The van der Waals surface area contributed by atoms with Crippen LogP contribution in [0.1, 0.15) is 38.2 Å². The van der Waals surface area contributed by atoms with Gasteiger partial charge in [-0.15, -0.1) is 0 Å². The van der Waals surface area contributed by atoms with Crippen LogP contribution in [0.25, 0.3) is 0 Å². The van der Waals surface area contributed by atoms with Crippen LogP contribution in [0.4, 0.5) is 0 Å². The molecule has 1 aromatic carbocycles. The van der Waals surface area contributed by atoms with Crippen molar-refractivity contribution in [2.45, 2.75) is 32.6 Å². The van der Waals surface area contributed by atoms with Crippen molar-refractivity contribution in [2.75, 3.05) is 13.2 Å². The monoisotopic (exact) mass is 327 g/mol. The number of esters is 2. The highest BCUT2D eigenvalue weighted by molar-refractivity contribution is 5.92. The minimum Gasteiger partial charge on any atom is -0.465 e. The smallest absolute Gasteiger partial charge is 0.333 e. The maximum atomic E-state index is 12.6. The van der Waals surface area contributed by atoms with E-state index in [0.717, 1.165) is 5.56 Å². The van der Waals surface area contributed by atoms with Crippen molar-refractivity contribution in [3.63, 3.8) is 0 Å². The number of carbonyl (C=O) groups excluding carboxylic acids is 2. The predicted molar refractivity (Wildman–Crippen MR) is 87.8 cm³/mol. The molecule has 5 nitrogen and oxygen atoms in total. The average Bonchev–Trinajstić information content (AvgIpc) is 2.62. The maximum Gasteiger partial charge on any atom is 0.333 e. The fraction of sp³-hybridized carbons (Fsp3) is 0.421. The van der Waals surface area contributed by atoms with Crippen LogP contribution in [0.2, 0.25) is 0 Å². The summed E-state index contributed by atoms with van der Waals surface area (Å²) in [4.78, 5) is 24.7. The van der Waals surface area contributed by atoms with Gasteiger partial charge in [-0.05, 0) is 25.8 Å². The van der Waals surface area contributed by atoms with E-state index in [2.05, 4.69) is 6.07 Å². The van der Waals surface area contributed by atoms with E-state index in [4.69, 9.17) is 9.47 Å². The van der Waals surface area contributed by atoms with Crippen LogP contribution >= 0.6 is 0 Å². The van der Waals surface area contributed by atoms with E-state index in [-0.39, 0.29) is 25.6 Å². The third kappa shape index (κ3) is 3.33. The van der Waals surface area contributed by atoms with Gasteiger partial charge in [-0.2, -0.15) is 5.26 Å². The summed E-state index contributed by atoms with van der Waals surface area (Å²) < 4.78 is 10.2. The molecule has 0 fully saturated rings. The average molecular weight is 327 g/mol. The Labute approximate surface area is 141 Å². The third-order valence-corrected chi connectivity index (χ3v) is 4.24. The van der Waals surface area contributed by atoms with Crippen molar-refractivity contribution in [3.05, 3.63) is 47.5 Å². The summed E-state index contributed by atoms with van der Waals surface area (Å²) in [5, 5.41) is 9.87. The Morgan fingerprint density at radius 1 is 1.21 bits per heavy atom. The Kier molecular flexibility index (Phi) is 5.75. The molecule has 24 heavy (non-hydrogen) atoms. The van der Waals surface area contributed by atoms with Crippen LogP contribution in [-0.4, -0.2) is 25.2 Å². The molecule has 0 N–H and O–H groups in total. The standard InChI is InChI=1S/C19H21NO4/c1-3-23-17(21)15-10-11-16(14-8-6-5-7-9-14)19(12-15,13-20)18(22)24-4-2/h5-10,16H,3-4,11-12H2,1-2H3. The van der Waals surface area contributed by atoms with Crippen LogP contribution < -0.4 is 0 Å². The zero-order valence-corrected chi connectivity index (χ0v) is 14.0. The Hall–Kier alpha value is -2.61. The fourth-order valence-corrected chi connectivity index (χ4v) is 3.08. The first kappa shape index (κ1) is 17.7. The molecule has 0 heterocycles. The number of hydrogen-bond acceptors (Lipinski definition) is 5. The van der Waals surface area contributed by atoms with E-state index in [1.165, 1.54) is 0 Å². The van der Waals surface area contributed by atoms with Crippen LogP contribution in [0, 0.1) is 16.7 Å². The summed E-state index contributed by atoms with van der Waals surface area (Å²) in [6.45, 7) is 3.85. The van der Waals surface area contributed by atoms with Crippen molar-refractivity contribution >= 4 is 11.9 Å². The van der Waals surface area contributed by atoms with Crippen molar-refractivity contribution in [3.8, 4) is 6.07 Å². The molecule has 0 aromatic heterocycles. The van der Waals surface area contributed by atoms with E-state index in [1.54, 1.807) is 19.9 Å². The lowest BCUT2D eigenvalue weighted by Gasteiger charge is -2.36. The van der Waals surface area contributed by atoms with Crippen molar-refractivity contribution in [1.82, 2.24) is 0 Å². The number of nitrogens with zero attached hydrogens (tertiary/aromatic N) is 1. The summed E-state index contributed by atoms with van der Waals surface area (Å²) in [5.41, 5.74) is -0.182. The molecular weight excluding hydrogens is 306 g/mol. The highest BCUT2D eigenvalue weighted by Gasteiger charge is 2.51. The molecule has 0 bridgehead atoms. The molecule has 0 aliphatic heterocycles. The van der Waals surface area contributed by atoms with Gasteiger partial charge < -0.3 is 9.47 Å². The summed E-state index contributed by atoms with van der Waals surface area (Å²) in [5.74, 6) is -1.43. The van der Waals surface area contributed by atoms with Crippen molar-refractivity contribution in [2.24, 2.45) is 5.41 Å². The van der Waals surface area contributed by atoms with E-state index in [1.807, 2.05) is 30.3 Å². The summed E-state index contributed by atoms with van der Waals surface area (Å²) >= 11 is 0. The third-order valence-electron chi connectivity index (χ3n) is 4.24. The van der Waals surface area contributed by atoms with Gasteiger partial charge in [-0.1, -0.05) is 36.4 Å².